The molecule has 0 amide bonds. The molecular weight excluding hydrogens is 456 g/mol. The van der Waals surface area contributed by atoms with E-state index in [1.807, 2.05) is 0 Å². The first-order chi connectivity index (χ1) is 18.8. The lowest BCUT2D eigenvalue weighted by Crippen LogP contribution is -1.85. The Labute approximate surface area is 220 Å². The van der Waals surface area contributed by atoms with Crippen LogP contribution >= 0.6 is 0 Å². The molecule has 0 fully saturated rings. The van der Waals surface area contributed by atoms with E-state index in [1.54, 1.807) is 0 Å². The van der Waals surface area contributed by atoms with Gasteiger partial charge in [-0.05, 0) is 106 Å². The zero-order valence-corrected chi connectivity index (χ0v) is 20.9. The summed E-state index contributed by atoms with van der Waals surface area (Å²) in [6, 6.07) is 52.7. The van der Waals surface area contributed by atoms with Crippen LogP contribution in [0.15, 0.2) is 146 Å². The number of fused-ring (bicyclic) bond motifs is 5. The van der Waals surface area contributed by atoms with Gasteiger partial charge in [-0.15, -0.1) is 0 Å². The van der Waals surface area contributed by atoms with Crippen molar-refractivity contribution in [1.82, 2.24) is 0 Å². The minimum Gasteiger partial charge on any atom is -0.0616 e. The van der Waals surface area contributed by atoms with Gasteiger partial charge in [-0.3, -0.25) is 0 Å². The number of hydrogen-bond donors (Lipinski definition) is 0. The Morgan fingerprint density at radius 2 is 0.632 bits per heavy atom. The summed E-state index contributed by atoms with van der Waals surface area (Å²) in [5.74, 6) is 0. The predicted octanol–water partition coefficient (Wildman–Crippen LogP) is 10.9. The lowest BCUT2D eigenvalue weighted by Gasteiger charge is -2.12. The maximum absolute atomic E-state index is 2.31. The van der Waals surface area contributed by atoms with Crippen LogP contribution in [0.1, 0.15) is 0 Å². The van der Waals surface area contributed by atoms with Gasteiger partial charge >= 0.3 is 0 Å². The smallest absolute Gasteiger partial charge is 0.00204 e. The van der Waals surface area contributed by atoms with Crippen LogP contribution in [0.3, 0.4) is 0 Å². The average molecular weight is 481 g/mol. The topological polar surface area (TPSA) is 0 Å². The van der Waals surface area contributed by atoms with E-state index >= 15 is 0 Å². The third-order valence-corrected chi connectivity index (χ3v) is 7.94. The lowest BCUT2D eigenvalue weighted by atomic mass is 9.91. The zero-order chi connectivity index (χ0) is 25.1. The first-order valence-corrected chi connectivity index (χ1v) is 13.2. The summed E-state index contributed by atoms with van der Waals surface area (Å²) >= 11 is 0. The van der Waals surface area contributed by atoms with Gasteiger partial charge in [0.25, 0.3) is 0 Å². The minimum absolute atomic E-state index is 1.31. The minimum atomic E-state index is 1.31. The molecule has 9 aromatic carbocycles. The normalized spacial score (nSPS) is 11.7. The van der Waals surface area contributed by atoms with Crippen molar-refractivity contribution in [2.75, 3.05) is 0 Å². The largest absolute Gasteiger partial charge is 0.0616 e. The fourth-order valence-electron chi connectivity index (χ4n) is 6.12. The molecule has 0 spiro atoms. The highest BCUT2D eigenvalue weighted by Gasteiger charge is 2.10. The van der Waals surface area contributed by atoms with Crippen LogP contribution < -0.4 is 0 Å². The van der Waals surface area contributed by atoms with Gasteiger partial charge in [0, 0.05) is 0 Å². The SMILES string of the molecule is c1ccc2c(c1)cc1ccc3cccc4ccc2c1c34.c1ccc2cc3cc4ccccc4cc3cc2c1. The van der Waals surface area contributed by atoms with Crippen LogP contribution in [0.4, 0.5) is 0 Å². The predicted molar refractivity (Wildman–Crippen MR) is 167 cm³/mol. The van der Waals surface area contributed by atoms with Crippen molar-refractivity contribution in [3.63, 3.8) is 0 Å². The van der Waals surface area contributed by atoms with E-state index in [4.69, 9.17) is 0 Å². The summed E-state index contributed by atoms with van der Waals surface area (Å²) in [5, 5.41) is 18.7. The van der Waals surface area contributed by atoms with Crippen molar-refractivity contribution in [2.24, 2.45) is 0 Å². The summed E-state index contributed by atoms with van der Waals surface area (Å²) in [5.41, 5.74) is 0. The summed E-state index contributed by atoms with van der Waals surface area (Å²) in [6.07, 6.45) is 0. The van der Waals surface area contributed by atoms with E-state index in [2.05, 4.69) is 146 Å². The molecule has 0 radical (unpaired) electrons. The van der Waals surface area contributed by atoms with Crippen molar-refractivity contribution in [3.8, 4) is 0 Å². The molecule has 0 heteroatoms. The molecule has 0 aliphatic heterocycles. The molecule has 9 aromatic rings. The van der Waals surface area contributed by atoms with E-state index < -0.39 is 0 Å². The molecule has 176 valence electrons. The molecule has 0 saturated carbocycles. The highest BCUT2D eigenvalue weighted by atomic mass is 14.1. The van der Waals surface area contributed by atoms with Gasteiger partial charge in [-0.2, -0.15) is 0 Å². The maximum atomic E-state index is 2.31. The second-order valence-electron chi connectivity index (χ2n) is 10.2. The first-order valence-electron chi connectivity index (χ1n) is 13.2. The molecule has 0 unspecified atom stereocenters. The highest BCUT2D eigenvalue weighted by Crippen LogP contribution is 2.38. The van der Waals surface area contributed by atoms with Crippen LogP contribution in [0.5, 0.6) is 0 Å². The zero-order valence-electron chi connectivity index (χ0n) is 20.9. The maximum Gasteiger partial charge on any atom is -0.00204 e. The summed E-state index contributed by atoms with van der Waals surface area (Å²) in [6.45, 7) is 0. The fourth-order valence-corrected chi connectivity index (χ4v) is 6.12. The van der Waals surface area contributed by atoms with Crippen LogP contribution in [-0.2, 0) is 0 Å². The Hall–Kier alpha value is -4.94. The Balaban J connectivity index is 0.000000119. The Morgan fingerprint density at radius 3 is 1.21 bits per heavy atom. The van der Waals surface area contributed by atoms with Gasteiger partial charge in [0.15, 0.2) is 0 Å². The Morgan fingerprint density at radius 1 is 0.211 bits per heavy atom. The van der Waals surface area contributed by atoms with E-state index in [0.717, 1.165) is 0 Å². The van der Waals surface area contributed by atoms with Gasteiger partial charge in [-0.1, -0.05) is 115 Å². The summed E-state index contributed by atoms with van der Waals surface area (Å²) in [7, 11) is 0. The third kappa shape index (κ3) is 3.31. The number of rotatable bonds is 0. The molecule has 0 saturated heterocycles. The molecule has 0 bridgehead atoms. The van der Waals surface area contributed by atoms with Crippen molar-refractivity contribution in [3.05, 3.63) is 146 Å². The van der Waals surface area contributed by atoms with Crippen LogP contribution in [0.2, 0.25) is 0 Å². The molecule has 0 aliphatic rings. The van der Waals surface area contributed by atoms with Crippen LogP contribution in [0, 0.1) is 0 Å². The number of benzene rings is 9. The van der Waals surface area contributed by atoms with Gasteiger partial charge in [-0.25, -0.2) is 0 Å². The Kier molecular flexibility index (Phi) is 4.62. The molecule has 0 aromatic heterocycles. The second kappa shape index (κ2) is 8.30. The Bertz CT molecular complexity index is 2130. The molecule has 0 nitrogen and oxygen atoms in total. The van der Waals surface area contributed by atoms with Gasteiger partial charge < -0.3 is 0 Å². The molecule has 0 N–H and O–H groups in total. The van der Waals surface area contributed by atoms with Crippen LogP contribution in [0.25, 0.3) is 75.4 Å². The van der Waals surface area contributed by atoms with Gasteiger partial charge in [0.1, 0.15) is 0 Å². The summed E-state index contributed by atoms with van der Waals surface area (Å²) < 4.78 is 0. The standard InChI is InChI=1S/C20H12.C18H12/c1-2-7-17-15(4-1)12-16-9-8-13-5-3-6-14-10-11-18(17)20(16)19(13)14;1-2-6-14-10-18-12-16-8-4-3-7-15(16)11-17(18)9-13(14)5-1/h1-12H;1-12H. The van der Waals surface area contributed by atoms with E-state index in [1.165, 1.54) is 75.4 Å². The van der Waals surface area contributed by atoms with E-state index in [0.29, 0.717) is 0 Å². The highest BCUT2D eigenvalue weighted by molar-refractivity contribution is 6.28. The monoisotopic (exact) mass is 480 g/mol. The van der Waals surface area contributed by atoms with Crippen molar-refractivity contribution >= 4 is 75.4 Å². The van der Waals surface area contributed by atoms with E-state index in [-0.39, 0.29) is 0 Å². The van der Waals surface area contributed by atoms with Gasteiger partial charge in [0.2, 0.25) is 0 Å². The van der Waals surface area contributed by atoms with Crippen LogP contribution in [-0.4, -0.2) is 0 Å². The van der Waals surface area contributed by atoms with E-state index in [9.17, 15) is 0 Å². The molecule has 0 heterocycles. The van der Waals surface area contributed by atoms with Crippen molar-refractivity contribution in [2.45, 2.75) is 0 Å². The average Bonchev–Trinajstić information content (AvgIpc) is 2.98. The molecular formula is C38H24. The van der Waals surface area contributed by atoms with Gasteiger partial charge in [0.05, 0.1) is 0 Å². The second-order valence-corrected chi connectivity index (χ2v) is 10.2. The number of hydrogen-bond acceptors (Lipinski definition) is 0. The molecule has 9 rings (SSSR count). The molecule has 0 atom stereocenters. The summed E-state index contributed by atoms with van der Waals surface area (Å²) in [4.78, 5) is 0. The molecule has 0 aliphatic carbocycles. The third-order valence-electron chi connectivity index (χ3n) is 7.94. The molecule has 38 heavy (non-hydrogen) atoms. The first kappa shape index (κ1) is 21.2. The fraction of sp³-hybridized carbons (Fsp3) is 0. The quantitative estimate of drug-likeness (QED) is 0.150. The lowest BCUT2D eigenvalue weighted by molar-refractivity contribution is 1.77. The van der Waals surface area contributed by atoms with Crippen molar-refractivity contribution < 1.29 is 0 Å². The van der Waals surface area contributed by atoms with Crippen molar-refractivity contribution in [1.29, 1.82) is 0 Å².